The van der Waals surface area contributed by atoms with E-state index in [-0.39, 0.29) is 13.0 Å². The van der Waals surface area contributed by atoms with E-state index in [1.807, 2.05) is 0 Å². The van der Waals surface area contributed by atoms with Crippen LogP contribution in [0.1, 0.15) is 34.1 Å². The average molecular weight is 266 g/mol. The van der Waals surface area contributed by atoms with Gasteiger partial charge >= 0.3 is 6.09 Å². The Labute approximate surface area is 105 Å². The minimum Gasteiger partial charge on any atom is -0.444 e. The van der Waals surface area contributed by atoms with Crippen LogP contribution in [0.3, 0.4) is 0 Å². The van der Waals surface area contributed by atoms with Crippen LogP contribution in [0.25, 0.3) is 0 Å². The number of alkyl halides is 2. The van der Waals surface area contributed by atoms with E-state index in [0.717, 1.165) is 0 Å². The first kappa shape index (κ1) is 16.6. The van der Waals surface area contributed by atoms with E-state index >= 15 is 0 Å². The van der Waals surface area contributed by atoms with Gasteiger partial charge in [-0.1, -0.05) is 0 Å². The largest absolute Gasteiger partial charge is 0.444 e. The lowest BCUT2D eigenvalue weighted by Gasteiger charge is -2.19. The van der Waals surface area contributed by atoms with Crippen molar-refractivity contribution in [3.8, 4) is 0 Å². The molecular formula is C11H20F2N2O3. The molecule has 0 aromatic heterocycles. The number of rotatable bonds is 5. The lowest BCUT2D eigenvalue weighted by atomic mass is 10.2. The first-order valence-electron chi connectivity index (χ1n) is 5.61. The minimum atomic E-state index is -2.94. The molecule has 0 heterocycles. The van der Waals surface area contributed by atoms with Crippen LogP contribution < -0.4 is 10.6 Å². The fourth-order valence-electron chi connectivity index (χ4n) is 0.934. The molecule has 0 unspecified atom stereocenters. The van der Waals surface area contributed by atoms with Crippen LogP contribution in [0.2, 0.25) is 0 Å². The van der Waals surface area contributed by atoms with Gasteiger partial charge in [-0.15, -0.1) is 0 Å². The molecule has 0 rings (SSSR count). The number of nitrogens with one attached hydrogen (secondary N) is 2. The quantitative estimate of drug-likeness (QED) is 0.795. The molecule has 18 heavy (non-hydrogen) atoms. The molecule has 0 saturated heterocycles. The highest BCUT2D eigenvalue weighted by Crippen LogP contribution is 2.08. The Morgan fingerprint density at radius 3 is 2.11 bits per heavy atom. The first-order valence-corrected chi connectivity index (χ1v) is 5.61. The molecule has 0 aromatic carbocycles. The van der Waals surface area contributed by atoms with Crippen molar-refractivity contribution in [1.29, 1.82) is 0 Å². The zero-order chi connectivity index (χ0) is 14.4. The maximum atomic E-state index is 12.4. The number of hydrogen-bond acceptors (Lipinski definition) is 3. The van der Waals surface area contributed by atoms with E-state index in [1.54, 1.807) is 20.8 Å². The van der Waals surface area contributed by atoms with Gasteiger partial charge in [-0.05, 0) is 20.8 Å². The molecule has 0 aliphatic carbocycles. The monoisotopic (exact) mass is 266 g/mol. The molecule has 0 aromatic rings. The lowest BCUT2D eigenvalue weighted by molar-refractivity contribution is -0.122. The normalized spacial score (nSPS) is 11.9. The summed E-state index contributed by atoms with van der Waals surface area (Å²) in [6.07, 6.45) is -0.717. The number of halogens is 2. The second-order valence-electron chi connectivity index (χ2n) is 5.03. The third-order valence-corrected chi connectivity index (χ3v) is 1.62. The number of ether oxygens (including phenoxy) is 1. The Hall–Kier alpha value is -1.40. The highest BCUT2D eigenvalue weighted by molar-refractivity contribution is 5.77. The van der Waals surface area contributed by atoms with E-state index < -0.39 is 30.1 Å². The Morgan fingerprint density at radius 2 is 1.67 bits per heavy atom. The Kier molecular flexibility index (Phi) is 6.00. The molecule has 106 valence electrons. The van der Waals surface area contributed by atoms with Gasteiger partial charge in [-0.3, -0.25) is 4.79 Å². The molecule has 0 aliphatic rings. The Bertz CT molecular complexity index is 296. The molecular weight excluding hydrogens is 246 g/mol. The van der Waals surface area contributed by atoms with E-state index in [1.165, 1.54) is 0 Å². The molecule has 2 amide bonds. The maximum absolute atomic E-state index is 12.4. The predicted molar refractivity (Wildman–Crippen MR) is 62.5 cm³/mol. The molecule has 0 atom stereocenters. The molecule has 2 N–H and O–H groups in total. The second kappa shape index (κ2) is 6.51. The van der Waals surface area contributed by atoms with Gasteiger partial charge in [-0.2, -0.15) is 0 Å². The van der Waals surface area contributed by atoms with Gasteiger partial charge in [0.05, 0.1) is 6.54 Å². The summed E-state index contributed by atoms with van der Waals surface area (Å²) >= 11 is 0. The van der Waals surface area contributed by atoms with Crippen molar-refractivity contribution in [2.75, 3.05) is 13.1 Å². The smallest absolute Gasteiger partial charge is 0.407 e. The van der Waals surface area contributed by atoms with E-state index in [9.17, 15) is 18.4 Å². The summed E-state index contributed by atoms with van der Waals surface area (Å²) < 4.78 is 29.8. The van der Waals surface area contributed by atoms with Crippen molar-refractivity contribution in [3.05, 3.63) is 0 Å². The van der Waals surface area contributed by atoms with Gasteiger partial charge < -0.3 is 15.4 Å². The summed E-state index contributed by atoms with van der Waals surface area (Å²) in [6, 6.07) is 0. The average Bonchev–Trinajstić information content (AvgIpc) is 2.10. The summed E-state index contributed by atoms with van der Waals surface area (Å²) in [5.74, 6) is -3.48. The predicted octanol–water partition coefficient (Wildman–Crippen LogP) is 1.67. The van der Waals surface area contributed by atoms with Crippen molar-refractivity contribution in [2.24, 2.45) is 0 Å². The topological polar surface area (TPSA) is 67.4 Å². The summed E-state index contributed by atoms with van der Waals surface area (Å²) in [4.78, 5) is 22.3. The molecule has 0 saturated carbocycles. The second-order valence-corrected chi connectivity index (χ2v) is 5.03. The van der Waals surface area contributed by atoms with Crippen molar-refractivity contribution in [2.45, 2.75) is 45.6 Å². The summed E-state index contributed by atoms with van der Waals surface area (Å²) in [6.45, 7) is 5.17. The molecule has 0 aliphatic heterocycles. The van der Waals surface area contributed by atoms with Gasteiger partial charge in [0.1, 0.15) is 5.60 Å². The number of amides is 2. The first-order chi connectivity index (χ1) is 7.99. The van der Waals surface area contributed by atoms with Crippen LogP contribution >= 0.6 is 0 Å². The van der Waals surface area contributed by atoms with E-state index in [4.69, 9.17) is 4.74 Å². The fourth-order valence-corrected chi connectivity index (χ4v) is 0.934. The van der Waals surface area contributed by atoms with Crippen LogP contribution in [-0.2, 0) is 9.53 Å². The lowest BCUT2D eigenvalue weighted by Crippen LogP contribution is -2.38. The Balaban J connectivity index is 3.72. The molecule has 0 bridgehead atoms. The minimum absolute atomic E-state index is 0.0377. The standard InChI is InChI=1S/C11H20F2N2O3/c1-10(2,3)18-9(17)14-6-5-8(16)15-7-11(4,12)13/h5-7H2,1-4H3,(H,14,17)(H,15,16). The third kappa shape index (κ3) is 11.1. The van der Waals surface area contributed by atoms with Gasteiger partial charge in [0.25, 0.3) is 5.92 Å². The molecule has 7 heteroatoms. The SMILES string of the molecule is CC(F)(F)CNC(=O)CCNC(=O)OC(C)(C)C. The maximum Gasteiger partial charge on any atom is 0.407 e. The Morgan fingerprint density at radius 1 is 1.11 bits per heavy atom. The highest BCUT2D eigenvalue weighted by Gasteiger charge is 2.21. The van der Waals surface area contributed by atoms with Crippen LogP contribution in [0, 0.1) is 0 Å². The molecule has 0 spiro atoms. The zero-order valence-electron chi connectivity index (χ0n) is 11.1. The number of hydrogen-bond donors (Lipinski definition) is 2. The number of carbonyl (C=O) groups is 2. The van der Waals surface area contributed by atoms with Crippen LogP contribution in [-0.4, -0.2) is 36.6 Å². The highest BCUT2D eigenvalue weighted by atomic mass is 19.3. The zero-order valence-corrected chi connectivity index (χ0v) is 11.1. The van der Waals surface area contributed by atoms with Gasteiger partial charge in [-0.25, -0.2) is 13.6 Å². The van der Waals surface area contributed by atoms with Gasteiger partial charge in [0, 0.05) is 19.9 Å². The van der Waals surface area contributed by atoms with E-state index in [0.29, 0.717) is 6.92 Å². The summed E-state index contributed by atoms with van der Waals surface area (Å²) in [5.41, 5.74) is -0.614. The fraction of sp³-hybridized carbons (Fsp3) is 0.818. The van der Waals surface area contributed by atoms with Crippen molar-refractivity contribution < 1.29 is 23.1 Å². The number of carbonyl (C=O) groups excluding carboxylic acids is 2. The molecule has 0 fully saturated rings. The molecule has 0 radical (unpaired) electrons. The van der Waals surface area contributed by atoms with Crippen molar-refractivity contribution in [3.63, 3.8) is 0 Å². The summed E-state index contributed by atoms with van der Waals surface area (Å²) in [5, 5.41) is 4.42. The van der Waals surface area contributed by atoms with Gasteiger partial charge in [0.2, 0.25) is 5.91 Å². The van der Waals surface area contributed by atoms with Crippen LogP contribution in [0.5, 0.6) is 0 Å². The van der Waals surface area contributed by atoms with E-state index in [2.05, 4.69) is 10.6 Å². The summed E-state index contributed by atoms with van der Waals surface area (Å²) in [7, 11) is 0. The van der Waals surface area contributed by atoms with Gasteiger partial charge in [0.15, 0.2) is 0 Å². The third-order valence-electron chi connectivity index (χ3n) is 1.62. The number of alkyl carbamates (subject to hydrolysis) is 1. The molecule has 5 nitrogen and oxygen atoms in total. The van der Waals surface area contributed by atoms with Crippen LogP contribution in [0.4, 0.5) is 13.6 Å². The van der Waals surface area contributed by atoms with Crippen molar-refractivity contribution in [1.82, 2.24) is 10.6 Å². The van der Waals surface area contributed by atoms with Crippen molar-refractivity contribution >= 4 is 12.0 Å². The van der Waals surface area contributed by atoms with Crippen LogP contribution in [0.15, 0.2) is 0 Å².